The summed E-state index contributed by atoms with van der Waals surface area (Å²) in [5.74, 6) is -0.430. The summed E-state index contributed by atoms with van der Waals surface area (Å²) in [4.78, 5) is 25.3. The largest absolute Gasteiger partial charge is 0.355 e. The van der Waals surface area contributed by atoms with Crippen LogP contribution >= 0.6 is 0 Å². The normalized spacial score (nSPS) is 10.7. The Hall–Kier alpha value is -4.19. The molecule has 0 bridgehead atoms. The Bertz CT molecular complexity index is 1340. The zero-order valence-electron chi connectivity index (χ0n) is 19.1. The van der Waals surface area contributed by atoms with Gasteiger partial charge >= 0.3 is 0 Å². The fourth-order valence-electron chi connectivity index (χ4n) is 3.81. The average molecular weight is 439 g/mol. The first-order chi connectivity index (χ1) is 15.9. The highest BCUT2D eigenvalue weighted by atomic mass is 16.2. The van der Waals surface area contributed by atoms with Crippen LogP contribution in [0.2, 0.25) is 0 Å². The van der Waals surface area contributed by atoms with Crippen LogP contribution in [0.25, 0.3) is 16.9 Å². The molecule has 0 aliphatic heterocycles. The van der Waals surface area contributed by atoms with Gasteiger partial charge in [-0.2, -0.15) is 5.10 Å². The molecule has 2 N–H and O–H groups in total. The summed E-state index contributed by atoms with van der Waals surface area (Å²) >= 11 is 0. The smallest absolute Gasteiger partial charge is 0.259 e. The Morgan fingerprint density at radius 3 is 2.27 bits per heavy atom. The Morgan fingerprint density at radius 1 is 0.848 bits per heavy atom. The highest BCUT2D eigenvalue weighted by Crippen LogP contribution is 2.28. The van der Waals surface area contributed by atoms with Crippen LogP contribution in [-0.4, -0.2) is 28.6 Å². The molecule has 0 aliphatic carbocycles. The molecule has 166 valence electrons. The predicted octanol–water partition coefficient (Wildman–Crippen LogP) is 5.08. The van der Waals surface area contributed by atoms with Crippen LogP contribution in [0.15, 0.2) is 72.9 Å². The van der Waals surface area contributed by atoms with Crippen molar-refractivity contribution in [1.29, 1.82) is 0 Å². The summed E-state index contributed by atoms with van der Waals surface area (Å²) in [6.45, 7) is 5.92. The third-order valence-corrected chi connectivity index (χ3v) is 5.58. The van der Waals surface area contributed by atoms with E-state index >= 15 is 0 Å². The molecule has 0 spiro atoms. The van der Waals surface area contributed by atoms with Crippen LogP contribution in [0, 0.1) is 20.8 Å². The topological polar surface area (TPSA) is 76.0 Å². The molecule has 0 saturated heterocycles. The summed E-state index contributed by atoms with van der Waals surface area (Å²) < 4.78 is 1.73. The van der Waals surface area contributed by atoms with Gasteiger partial charge in [-0.15, -0.1) is 0 Å². The van der Waals surface area contributed by atoms with Crippen LogP contribution in [-0.2, 0) is 0 Å². The number of carbonyl (C=O) groups excluding carboxylic acids is 2. The summed E-state index contributed by atoms with van der Waals surface area (Å²) in [6.07, 6.45) is 1.76. The van der Waals surface area contributed by atoms with E-state index in [0.29, 0.717) is 22.5 Å². The van der Waals surface area contributed by atoms with Crippen molar-refractivity contribution in [2.24, 2.45) is 0 Å². The highest BCUT2D eigenvalue weighted by molar-refractivity contribution is 6.08. The van der Waals surface area contributed by atoms with Gasteiger partial charge in [0.05, 0.1) is 11.3 Å². The summed E-state index contributed by atoms with van der Waals surface area (Å²) in [5.41, 5.74) is 7.06. The Labute approximate surface area is 193 Å². The lowest BCUT2D eigenvalue weighted by atomic mass is 10.0. The number of anilines is 1. The number of amides is 2. The molecule has 1 heterocycles. The summed E-state index contributed by atoms with van der Waals surface area (Å²) in [7, 11) is 1.59. The monoisotopic (exact) mass is 438 g/mol. The van der Waals surface area contributed by atoms with E-state index in [1.807, 2.05) is 63.2 Å². The van der Waals surface area contributed by atoms with Crippen molar-refractivity contribution in [3.05, 3.63) is 101 Å². The van der Waals surface area contributed by atoms with Crippen molar-refractivity contribution in [1.82, 2.24) is 15.1 Å². The Kier molecular flexibility index (Phi) is 6.09. The van der Waals surface area contributed by atoms with Gasteiger partial charge in [0, 0.05) is 30.1 Å². The van der Waals surface area contributed by atoms with Gasteiger partial charge in [0.1, 0.15) is 5.69 Å². The lowest BCUT2D eigenvalue weighted by molar-refractivity contribution is 0.0962. The van der Waals surface area contributed by atoms with Gasteiger partial charge in [0.2, 0.25) is 0 Å². The summed E-state index contributed by atoms with van der Waals surface area (Å²) in [6, 6.07) is 21.0. The van der Waals surface area contributed by atoms with Crippen molar-refractivity contribution in [2.75, 3.05) is 12.4 Å². The number of hydrogen-bond donors (Lipinski definition) is 2. The van der Waals surface area contributed by atoms with Gasteiger partial charge in [0.15, 0.2) is 0 Å². The maximum atomic E-state index is 13.4. The molecule has 0 fully saturated rings. The van der Waals surface area contributed by atoms with Crippen LogP contribution in [0.5, 0.6) is 0 Å². The molecule has 2 amide bonds. The van der Waals surface area contributed by atoms with Crippen molar-refractivity contribution in [3.8, 4) is 16.9 Å². The second-order valence-electron chi connectivity index (χ2n) is 8.05. The van der Waals surface area contributed by atoms with Gasteiger partial charge in [-0.3, -0.25) is 9.59 Å². The first-order valence-electron chi connectivity index (χ1n) is 10.7. The molecule has 6 nitrogen and oxygen atoms in total. The fraction of sp³-hybridized carbons (Fsp3) is 0.148. The molecule has 0 atom stereocenters. The Morgan fingerprint density at radius 2 is 1.61 bits per heavy atom. The number of aromatic nitrogens is 2. The lowest BCUT2D eigenvalue weighted by Crippen LogP contribution is -2.18. The molecule has 0 unspecified atom stereocenters. The van der Waals surface area contributed by atoms with Gasteiger partial charge in [-0.1, -0.05) is 42.0 Å². The molecule has 0 saturated carbocycles. The molecule has 33 heavy (non-hydrogen) atoms. The lowest BCUT2D eigenvalue weighted by Gasteiger charge is -2.11. The molecule has 4 rings (SSSR count). The third kappa shape index (κ3) is 4.55. The first kappa shape index (κ1) is 22.0. The number of benzene rings is 3. The quantitative estimate of drug-likeness (QED) is 0.456. The number of aryl methyl sites for hydroxylation is 3. The highest BCUT2D eigenvalue weighted by Gasteiger charge is 2.21. The first-order valence-corrected chi connectivity index (χ1v) is 10.7. The van der Waals surface area contributed by atoms with E-state index in [-0.39, 0.29) is 11.8 Å². The molecule has 1 aromatic heterocycles. The van der Waals surface area contributed by atoms with Crippen LogP contribution in [0.1, 0.15) is 37.4 Å². The molecule has 6 heteroatoms. The van der Waals surface area contributed by atoms with Crippen molar-refractivity contribution >= 4 is 17.5 Å². The van der Waals surface area contributed by atoms with Crippen LogP contribution in [0.4, 0.5) is 5.69 Å². The van der Waals surface area contributed by atoms with Gasteiger partial charge in [-0.05, 0) is 62.2 Å². The van der Waals surface area contributed by atoms with E-state index in [9.17, 15) is 9.59 Å². The van der Waals surface area contributed by atoms with Crippen molar-refractivity contribution in [2.45, 2.75) is 20.8 Å². The number of rotatable bonds is 5. The zero-order valence-corrected chi connectivity index (χ0v) is 19.1. The van der Waals surface area contributed by atoms with Gasteiger partial charge in [0.25, 0.3) is 11.8 Å². The number of nitrogens with zero attached hydrogens (tertiary/aromatic N) is 2. The van der Waals surface area contributed by atoms with E-state index in [1.165, 1.54) is 0 Å². The number of hydrogen-bond acceptors (Lipinski definition) is 3. The minimum Gasteiger partial charge on any atom is -0.355 e. The average Bonchev–Trinajstić information content (AvgIpc) is 3.25. The van der Waals surface area contributed by atoms with E-state index in [4.69, 9.17) is 5.10 Å². The molecular formula is C27H26N4O2. The van der Waals surface area contributed by atoms with Crippen molar-refractivity contribution < 1.29 is 9.59 Å². The minimum absolute atomic E-state index is 0.169. The van der Waals surface area contributed by atoms with Crippen LogP contribution in [0.3, 0.4) is 0 Å². The molecule has 3 aromatic carbocycles. The standard InChI is InChI=1S/C27H26N4O2/c1-17-10-12-22(18(2)14-17)25-23(16-31(30-25)21-8-6-5-7-9-21)27(33)29-24-13-11-20(15-19(24)3)26(32)28-4/h5-16H,1-4H3,(H,28,32)(H,29,33). The fourth-order valence-corrected chi connectivity index (χ4v) is 3.81. The number of para-hydroxylation sites is 1. The molecule has 0 aliphatic rings. The van der Waals surface area contributed by atoms with Gasteiger partial charge < -0.3 is 10.6 Å². The van der Waals surface area contributed by atoms with Crippen molar-refractivity contribution in [3.63, 3.8) is 0 Å². The second-order valence-corrected chi connectivity index (χ2v) is 8.05. The Balaban J connectivity index is 1.75. The minimum atomic E-state index is -0.261. The number of carbonyl (C=O) groups is 2. The van der Waals surface area contributed by atoms with E-state index in [1.54, 1.807) is 36.1 Å². The maximum absolute atomic E-state index is 13.4. The molecule has 4 aromatic rings. The SMILES string of the molecule is CNC(=O)c1ccc(NC(=O)c2cn(-c3ccccc3)nc2-c2ccc(C)cc2C)c(C)c1. The van der Waals surface area contributed by atoms with Crippen LogP contribution < -0.4 is 10.6 Å². The van der Waals surface area contributed by atoms with E-state index < -0.39 is 0 Å². The third-order valence-electron chi connectivity index (χ3n) is 5.58. The summed E-state index contributed by atoms with van der Waals surface area (Å²) in [5, 5.41) is 10.4. The predicted molar refractivity (Wildman–Crippen MR) is 131 cm³/mol. The molecular weight excluding hydrogens is 412 g/mol. The van der Waals surface area contributed by atoms with E-state index in [0.717, 1.165) is 27.9 Å². The van der Waals surface area contributed by atoms with Gasteiger partial charge in [-0.25, -0.2) is 4.68 Å². The molecule has 0 radical (unpaired) electrons. The number of nitrogens with one attached hydrogen (secondary N) is 2. The van der Waals surface area contributed by atoms with E-state index in [2.05, 4.69) is 16.7 Å². The second kappa shape index (κ2) is 9.12. The zero-order chi connectivity index (χ0) is 23.5. The maximum Gasteiger partial charge on any atom is 0.259 e.